The second-order valence-electron chi connectivity index (χ2n) is 5.41. The number of carbonyl (C=O) groups is 1. The third-order valence-electron chi connectivity index (χ3n) is 3.72. The minimum atomic E-state index is -0.715. The first-order chi connectivity index (χ1) is 11.0. The van der Waals surface area contributed by atoms with Crippen molar-refractivity contribution in [3.05, 3.63) is 64.4 Å². The molecule has 0 bridgehead atoms. The molecule has 0 saturated carbocycles. The van der Waals surface area contributed by atoms with E-state index in [4.69, 9.17) is 16.7 Å². The molecule has 5 heteroatoms. The van der Waals surface area contributed by atoms with Gasteiger partial charge in [0.05, 0.1) is 5.92 Å². The summed E-state index contributed by atoms with van der Waals surface area (Å²) in [5, 5.41) is 12.5. The summed E-state index contributed by atoms with van der Waals surface area (Å²) in [7, 11) is 0. The SMILES string of the molecule is CCc1ccc2c(c1)NCC(C(=O)O)C2.Fc1cccc(Cl)c1. The van der Waals surface area contributed by atoms with E-state index in [2.05, 4.69) is 24.4 Å². The lowest BCUT2D eigenvalue weighted by molar-refractivity contribution is -0.141. The van der Waals surface area contributed by atoms with E-state index in [1.54, 1.807) is 12.1 Å². The van der Waals surface area contributed by atoms with Crippen LogP contribution in [0, 0.1) is 11.7 Å². The van der Waals surface area contributed by atoms with Gasteiger partial charge in [0.25, 0.3) is 0 Å². The number of carboxylic acids is 1. The molecule has 0 aliphatic carbocycles. The number of benzene rings is 2. The Morgan fingerprint density at radius 1 is 1.35 bits per heavy atom. The van der Waals surface area contributed by atoms with Gasteiger partial charge in [0, 0.05) is 17.3 Å². The fraction of sp³-hybridized carbons (Fsp3) is 0.278. The summed E-state index contributed by atoms with van der Waals surface area (Å²) in [4.78, 5) is 10.8. The predicted molar refractivity (Wildman–Crippen MR) is 90.5 cm³/mol. The maximum Gasteiger partial charge on any atom is 0.308 e. The largest absolute Gasteiger partial charge is 0.481 e. The summed E-state index contributed by atoms with van der Waals surface area (Å²) in [6.45, 7) is 2.65. The van der Waals surface area contributed by atoms with Gasteiger partial charge in [-0.25, -0.2) is 4.39 Å². The van der Waals surface area contributed by atoms with Crippen molar-refractivity contribution in [2.75, 3.05) is 11.9 Å². The second-order valence-corrected chi connectivity index (χ2v) is 5.84. The smallest absolute Gasteiger partial charge is 0.308 e. The molecule has 1 unspecified atom stereocenters. The average Bonchev–Trinajstić information content (AvgIpc) is 2.54. The average molecular weight is 336 g/mol. The summed E-state index contributed by atoms with van der Waals surface area (Å²) in [6, 6.07) is 12.0. The summed E-state index contributed by atoms with van der Waals surface area (Å²) in [5.74, 6) is -1.30. The number of rotatable bonds is 2. The van der Waals surface area contributed by atoms with Crippen molar-refractivity contribution < 1.29 is 14.3 Å². The number of hydrogen-bond donors (Lipinski definition) is 2. The molecule has 23 heavy (non-hydrogen) atoms. The van der Waals surface area contributed by atoms with Crippen LogP contribution < -0.4 is 5.32 Å². The quantitative estimate of drug-likeness (QED) is 0.855. The van der Waals surface area contributed by atoms with Gasteiger partial charge in [0.15, 0.2) is 0 Å². The molecule has 0 amide bonds. The Bertz CT molecular complexity index is 673. The third kappa shape index (κ3) is 4.96. The number of carboxylic acid groups (broad SMARTS) is 1. The minimum absolute atomic E-state index is 0.287. The maximum atomic E-state index is 12.1. The molecule has 1 aliphatic rings. The van der Waals surface area contributed by atoms with Crippen molar-refractivity contribution in [1.82, 2.24) is 0 Å². The maximum absolute atomic E-state index is 12.1. The normalized spacial score (nSPS) is 15.7. The first-order valence-corrected chi connectivity index (χ1v) is 7.87. The zero-order chi connectivity index (χ0) is 16.8. The zero-order valence-corrected chi connectivity index (χ0v) is 13.6. The molecule has 0 fully saturated rings. The first kappa shape index (κ1) is 17.3. The molecular formula is C18H19ClFNO2. The monoisotopic (exact) mass is 335 g/mol. The lowest BCUT2D eigenvalue weighted by Crippen LogP contribution is -2.29. The van der Waals surface area contributed by atoms with E-state index in [-0.39, 0.29) is 11.7 Å². The van der Waals surface area contributed by atoms with Crippen LogP contribution in [0.15, 0.2) is 42.5 Å². The number of anilines is 1. The number of fused-ring (bicyclic) bond motifs is 1. The molecule has 2 N–H and O–H groups in total. The standard InChI is InChI=1S/C12H15NO2.C6H4ClF/c1-2-8-3-4-9-6-10(12(14)15)7-13-11(9)5-8;7-5-2-1-3-6(8)4-5/h3-5,10,13H,2,6-7H2,1H3,(H,14,15);1-4H. The number of aliphatic carboxylic acids is 1. The van der Waals surface area contributed by atoms with Crippen LogP contribution >= 0.6 is 11.6 Å². The summed E-state index contributed by atoms with van der Waals surface area (Å²) in [5.41, 5.74) is 3.51. The lowest BCUT2D eigenvalue weighted by Gasteiger charge is -2.23. The van der Waals surface area contributed by atoms with Gasteiger partial charge in [0.2, 0.25) is 0 Å². The van der Waals surface area contributed by atoms with Gasteiger partial charge < -0.3 is 10.4 Å². The molecule has 1 aliphatic heterocycles. The van der Waals surface area contributed by atoms with Crippen LogP contribution in [-0.4, -0.2) is 17.6 Å². The molecule has 0 saturated heterocycles. The summed E-state index contributed by atoms with van der Waals surface area (Å²) in [6.07, 6.45) is 1.65. The molecule has 1 heterocycles. The predicted octanol–water partition coefficient (Wildman–Crippen LogP) is 4.40. The van der Waals surface area contributed by atoms with E-state index in [1.165, 1.54) is 17.7 Å². The van der Waals surface area contributed by atoms with Gasteiger partial charge in [0.1, 0.15) is 5.82 Å². The lowest BCUT2D eigenvalue weighted by atomic mass is 9.93. The van der Waals surface area contributed by atoms with Crippen LogP contribution in [0.3, 0.4) is 0 Å². The topological polar surface area (TPSA) is 49.3 Å². The van der Waals surface area contributed by atoms with Crippen molar-refractivity contribution in [2.24, 2.45) is 5.92 Å². The molecule has 0 spiro atoms. The van der Waals surface area contributed by atoms with Crippen molar-refractivity contribution in [1.29, 1.82) is 0 Å². The summed E-state index contributed by atoms with van der Waals surface area (Å²) >= 11 is 5.40. The highest BCUT2D eigenvalue weighted by Crippen LogP contribution is 2.26. The zero-order valence-electron chi connectivity index (χ0n) is 12.9. The van der Waals surface area contributed by atoms with Crippen LogP contribution in [0.2, 0.25) is 5.02 Å². The van der Waals surface area contributed by atoms with Crippen LogP contribution in [0.25, 0.3) is 0 Å². The van der Waals surface area contributed by atoms with E-state index in [9.17, 15) is 9.18 Å². The van der Waals surface area contributed by atoms with Gasteiger partial charge in [-0.15, -0.1) is 0 Å². The van der Waals surface area contributed by atoms with E-state index in [1.807, 2.05) is 6.07 Å². The Morgan fingerprint density at radius 2 is 2.13 bits per heavy atom. The summed E-state index contributed by atoms with van der Waals surface area (Å²) < 4.78 is 12.1. The third-order valence-corrected chi connectivity index (χ3v) is 3.96. The molecule has 0 radical (unpaired) electrons. The molecule has 3 nitrogen and oxygen atoms in total. The Labute approximate surface area is 140 Å². The molecule has 122 valence electrons. The van der Waals surface area contributed by atoms with E-state index in [0.29, 0.717) is 18.0 Å². The number of hydrogen-bond acceptors (Lipinski definition) is 2. The van der Waals surface area contributed by atoms with Crippen molar-refractivity contribution >= 4 is 23.3 Å². The fourth-order valence-electron chi connectivity index (χ4n) is 2.39. The van der Waals surface area contributed by atoms with Crippen LogP contribution in [-0.2, 0) is 17.6 Å². The molecule has 2 aromatic carbocycles. The molecular weight excluding hydrogens is 317 g/mol. The Balaban J connectivity index is 0.000000203. The molecule has 2 aromatic rings. The van der Waals surface area contributed by atoms with Gasteiger partial charge in [-0.05, 0) is 48.2 Å². The molecule has 1 atom stereocenters. The fourth-order valence-corrected chi connectivity index (χ4v) is 2.57. The van der Waals surface area contributed by atoms with E-state index >= 15 is 0 Å². The highest BCUT2D eigenvalue weighted by Gasteiger charge is 2.23. The van der Waals surface area contributed by atoms with Crippen molar-refractivity contribution in [3.63, 3.8) is 0 Å². The Hall–Kier alpha value is -2.07. The highest BCUT2D eigenvalue weighted by molar-refractivity contribution is 6.30. The van der Waals surface area contributed by atoms with Gasteiger partial charge in [-0.1, -0.05) is 36.7 Å². The van der Waals surface area contributed by atoms with Crippen LogP contribution in [0.4, 0.5) is 10.1 Å². The molecule has 0 aromatic heterocycles. The minimum Gasteiger partial charge on any atom is -0.481 e. The van der Waals surface area contributed by atoms with E-state index < -0.39 is 5.97 Å². The molecule has 3 rings (SSSR count). The van der Waals surface area contributed by atoms with Crippen molar-refractivity contribution in [2.45, 2.75) is 19.8 Å². The number of halogens is 2. The highest BCUT2D eigenvalue weighted by atomic mass is 35.5. The van der Waals surface area contributed by atoms with Gasteiger partial charge in [-0.3, -0.25) is 4.79 Å². The van der Waals surface area contributed by atoms with Gasteiger partial charge in [-0.2, -0.15) is 0 Å². The van der Waals surface area contributed by atoms with E-state index in [0.717, 1.165) is 17.7 Å². The first-order valence-electron chi connectivity index (χ1n) is 7.49. The Morgan fingerprint density at radius 3 is 2.70 bits per heavy atom. The van der Waals surface area contributed by atoms with Gasteiger partial charge >= 0.3 is 5.97 Å². The second kappa shape index (κ2) is 7.97. The Kier molecular flexibility index (Phi) is 5.99. The van der Waals surface area contributed by atoms with Crippen molar-refractivity contribution in [3.8, 4) is 0 Å². The van der Waals surface area contributed by atoms with Crippen LogP contribution in [0.5, 0.6) is 0 Å². The number of nitrogens with one attached hydrogen (secondary N) is 1. The number of aryl methyl sites for hydroxylation is 1. The van der Waals surface area contributed by atoms with Crippen LogP contribution in [0.1, 0.15) is 18.1 Å².